The van der Waals surface area contributed by atoms with E-state index in [4.69, 9.17) is 0 Å². The monoisotopic (exact) mass is 352 g/mol. The van der Waals surface area contributed by atoms with Crippen LogP contribution in [0.15, 0.2) is 60.7 Å². The van der Waals surface area contributed by atoms with Gasteiger partial charge in [0.25, 0.3) is 0 Å². The normalized spacial score (nSPS) is 17.4. The van der Waals surface area contributed by atoms with E-state index in [0.29, 0.717) is 18.7 Å². The summed E-state index contributed by atoms with van der Waals surface area (Å²) in [7, 11) is 0. The number of aliphatic carboxylic acids is 1. The molecule has 2 aromatic carbocycles. The van der Waals surface area contributed by atoms with Gasteiger partial charge in [0.1, 0.15) is 11.8 Å². The van der Waals surface area contributed by atoms with Crippen LogP contribution in [-0.2, 0) is 4.79 Å². The van der Waals surface area contributed by atoms with Crippen LogP contribution in [0.1, 0.15) is 17.2 Å². The summed E-state index contributed by atoms with van der Waals surface area (Å²) in [4.78, 5) is 16.1. The summed E-state index contributed by atoms with van der Waals surface area (Å²) in [6.07, 6.45) is 4.27. The van der Waals surface area contributed by atoms with Gasteiger partial charge in [-0.25, -0.2) is 0 Å². The lowest BCUT2D eigenvalue weighted by Crippen LogP contribution is -2.49. The number of phenols is 1. The molecule has 1 atom stereocenters. The Kier molecular flexibility index (Phi) is 6.04. The van der Waals surface area contributed by atoms with Gasteiger partial charge in [-0.3, -0.25) is 14.6 Å². The molecule has 2 N–H and O–H groups in total. The van der Waals surface area contributed by atoms with E-state index in [1.807, 2.05) is 23.1 Å². The van der Waals surface area contributed by atoms with E-state index in [2.05, 4.69) is 29.2 Å². The van der Waals surface area contributed by atoms with E-state index in [-0.39, 0.29) is 5.75 Å². The maximum atomic E-state index is 11.8. The van der Waals surface area contributed by atoms with Crippen molar-refractivity contribution in [1.82, 2.24) is 9.80 Å². The van der Waals surface area contributed by atoms with Crippen LogP contribution in [0.2, 0.25) is 0 Å². The Morgan fingerprint density at radius 1 is 1.00 bits per heavy atom. The number of phenolic OH excluding ortho intramolecular Hbond substituents is 1. The number of hydrogen-bond donors (Lipinski definition) is 2. The lowest BCUT2D eigenvalue weighted by Gasteiger charge is -2.37. The molecule has 1 heterocycles. The van der Waals surface area contributed by atoms with Crippen molar-refractivity contribution >= 4 is 12.0 Å². The van der Waals surface area contributed by atoms with Gasteiger partial charge in [-0.2, -0.15) is 0 Å². The highest BCUT2D eigenvalue weighted by Gasteiger charge is 2.29. The Labute approximate surface area is 153 Å². The quantitative estimate of drug-likeness (QED) is 0.837. The fraction of sp³-hybridized carbons (Fsp3) is 0.286. The van der Waals surface area contributed by atoms with Gasteiger partial charge in [-0.05, 0) is 23.3 Å². The number of rotatable bonds is 6. The molecule has 0 unspecified atom stereocenters. The lowest BCUT2D eigenvalue weighted by molar-refractivity contribution is -0.144. The SMILES string of the molecule is O=C(O)[C@H](c1ccc(O)cc1)N1CCN(C/C=C/c2ccccc2)CC1. The van der Waals surface area contributed by atoms with Crippen LogP contribution in [0, 0.1) is 0 Å². The molecule has 26 heavy (non-hydrogen) atoms. The molecular weight excluding hydrogens is 328 g/mol. The standard InChI is InChI=1S/C21H24N2O3/c24-19-10-8-18(9-11-19)20(21(25)26)23-15-13-22(14-16-23)12-4-7-17-5-2-1-3-6-17/h1-11,20,24H,12-16H2,(H,25,26)/b7-4+/t20-/m0/s1. The maximum Gasteiger partial charge on any atom is 0.325 e. The zero-order valence-electron chi connectivity index (χ0n) is 14.7. The molecule has 0 bridgehead atoms. The second-order valence-corrected chi connectivity index (χ2v) is 6.48. The molecule has 0 radical (unpaired) electrons. The van der Waals surface area contributed by atoms with Crippen molar-refractivity contribution in [1.29, 1.82) is 0 Å². The number of aromatic hydroxyl groups is 1. The smallest absolute Gasteiger partial charge is 0.325 e. The van der Waals surface area contributed by atoms with Crippen LogP contribution < -0.4 is 0 Å². The van der Waals surface area contributed by atoms with Gasteiger partial charge in [0.15, 0.2) is 0 Å². The molecular formula is C21H24N2O3. The molecule has 0 aromatic heterocycles. The Bertz CT molecular complexity index is 736. The first-order chi connectivity index (χ1) is 12.6. The molecule has 1 saturated heterocycles. The van der Waals surface area contributed by atoms with E-state index >= 15 is 0 Å². The highest BCUT2D eigenvalue weighted by molar-refractivity contribution is 5.75. The minimum absolute atomic E-state index is 0.146. The molecule has 0 saturated carbocycles. The average Bonchev–Trinajstić information content (AvgIpc) is 2.65. The van der Waals surface area contributed by atoms with E-state index in [0.717, 1.165) is 19.6 Å². The van der Waals surface area contributed by atoms with Crippen molar-refractivity contribution in [2.24, 2.45) is 0 Å². The first-order valence-electron chi connectivity index (χ1n) is 8.83. The first-order valence-corrected chi connectivity index (χ1v) is 8.83. The third kappa shape index (κ3) is 4.71. The summed E-state index contributed by atoms with van der Waals surface area (Å²) in [6, 6.07) is 16.0. The fourth-order valence-electron chi connectivity index (χ4n) is 3.27. The Hall–Kier alpha value is -2.63. The van der Waals surface area contributed by atoms with Crippen LogP contribution in [0.25, 0.3) is 6.08 Å². The van der Waals surface area contributed by atoms with Crippen LogP contribution in [-0.4, -0.2) is 58.7 Å². The number of piperazine rings is 1. The number of nitrogens with zero attached hydrogens (tertiary/aromatic N) is 2. The van der Waals surface area contributed by atoms with Gasteiger partial charge in [-0.1, -0.05) is 54.6 Å². The van der Waals surface area contributed by atoms with Crippen LogP contribution in [0.5, 0.6) is 5.75 Å². The molecule has 5 nitrogen and oxygen atoms in total. The fourth-order valence-corrected chi connectivity index (χ4v) is 3.27. The van der Waals surface area contributed by atoms with Gasteiger partial charge in [-0.15, -0.1) is 0 Å². The van der Waals surface area contributed by atoms with Gasteiger partial charge >= 0.3 is 5.97 Å². The van der Waals surface area contributed by atoms with Crippen molar-refractivity contribution in [2.45, 2.75) is 6.04 Å². The lowest BCUT2D eigenvalue weighted by atomic mass is 10.0. The third-order valence-corrected chi connectivity index (χ3v) is 4.69. The van der Waals surface area contributed by atoms with Gasteiger partial charge < -0.3 is 10.2 Å². The third-order valence-electron chi connectivity index (χ3n) is 4.69. The molecule has 0 aliphatic carbocycles. The number of carbonyl (C=O) groups is 1. The Balaban J connectivity index is 1.55. The molecule has 3 rings (SSSR count). The molecule has 0 spiro atoms. The number of benzene rings is 2. The van der Waals surface area contributed by atoms with Crippen molar-refractivity contribution < 1.29 is 15.0 Å². The molecule has 136 valence electrons. The molecule has 1 aliphatic heterocycles. The summed E-state index contributed by atoms with van der Waals surface area (Å²) in [5.74, 6) is -0.707. The van der Waals surface area contributed by atoms with Gasteiger partial charge in [0, 0.05) is 32.7 Å². The molecule has 0 amide bonds. The van der Waals surface area contributed by atoms with Gasteiger partial charge in [0.2, 0.25) is 0 Å². The summed E-state index contributed by atoms with van der Waals surface area (Å²) >= 11 is 0. The van der Waals surface area contributed by atoms with Crippen molar-refractivity contribution in [3.8, 4) is 5.75 Å². The first kappa shape index (κ1) is 18.2. The summed E-state index contributed by atoms with van der Waals surface area (Å²) in [5, 5.41) is 19.1. The number of carboxylic acids is 1. The van der Waals surface area contributed by atoms with Crippen LogP contribution >= 0.6 is 0 Å². The van der Waals surface area contributed by atoms with Crippen LogP contribution in [0.3, 0.4) is 0 Å². The Morgan fingerprint density at radius 3 is 2.27 bits per heavy atom. The zero-order valence-corrected chi connectivity index (χ0v) is 14.7. The Morgan fingerprint density at radius 2 is 1.65 bits per heavy atom. The number of hydrogen-bond acceptors (Lipinski definition) is 4. The van der Waals surface area contributed by atoms with Crippen molar-refractivity contribution in [3.63, 3.8) is 0 Å². The van der Waals surface area contributed by atoms with Gasteiger partial charge in [0.05, 0.1) is 0 Å². The van der Waals surface area contributed by atoms with Crippen molar-refractivity contribution in [2.75, 3.05) is 32.7 Å². The van der Waals surface area contributed by atoms with Crippen LogP contribution in [0.4, 0.5) is 0 Å². The average molecular weight is 352 g/mol. The van der Waals surface area contributed by atoms with E-state index in [1.165, 1.54) is 17.7 Å². The summed E-state index contributed by atoms with van der Waals surface area (Å²) in [6.45, 7) is 3.94. The number of carboxylic acid groups (broad SMARTS) is 1. The maximum absolute atomic E-state index is 11.8. The topological polar surface area (TPSA) is 64.0 Å². The minimum atomic E-state index is -0.854. The zero-order chi connectivity index (χ0) is 18.4. The summed E-state index contributed by atoms with van der Waals surface area (Å²) in [5.41, 5.74) is 1.89. The second-order valence-electron chi connectivity index (χ2n) is 6.48. The molecule has 1 fully saturated rings. The summed E-state index contributed by atoms with van der Waals surface area (Å²) < 4.78 is 0. The predicted molar refractivity (Wildman–Crippen MR) is 102 cm³/mol. The predicted octanol–water partition coefficient (Wildman–Crippen LogP) is 2.85. The molecule has 1 aliphatic rings. The molecule has 5 heteroatoms. The highest BCUT2D eigenvalue weighted by Crippen LogP contribution is 2.24. The van der Waals surface area contributed by atoms with E-state index < -0.39 is 12.0 Å². The van der Waals surface area contributed by atoms with Crippen molar-refractivity contribution in [3.05, 3.63) is 71.8 Å². The largest absolute Gasteiger partial charge is 0.508 e. The molecule has 2 aromatic rings. The van der Waals surface area contributed by atoms with E-state index in [9.17, 15) is 15.0 Å². The second kappa shape index (κ2) is 8.65. The minimum Gasteiger partial charge on any atom is -0.508 e. The highest BCUT2D eigenvalue weighted by atomic mass is 16.4. The van der Waals surface area contributed by atoms with E-state index in [1.54, 1.807) is 12.1 Å².